The molecule has 2 saturated heterocycles. The van der Waals surface area contributed by atoms with Gasteiger partial charge < -0.3 is 43.9 Å². The number of rotatable bonds is 14. The second-order valence-corrected chi connectivity index (χ2v) is 18.5. The van der Waals surface area contributed by atoms with Gasteiger partial charge in [-0.1, -0.05) is 72.8 Å². The summed E-state index contributed by atoms with van der Waals surface area (Å²) in [4.78, 5) is 15.0. The van der Waals surface area contributed by atoms with Gasteiger partial charge >= 0.3 is 6.18 Å². The van der Waals surface area contributed by atoms with Crippen LogP contribution in [0.2, 0.25) is 0 Å². The molecule has 0 bridgehead atoms. The summed E-state index contributed by atoms with van der Waals surface area (Å²) in [7, 11) is 35.3. The number of quaternary nitrogens is 7. The summed E-state index contributed by atoms with van der Waals surface area (Å²) in [6.07, 6.45) is 3.59. The minimum absolute atomic E-state index is 0.483. The van der Waals surface area contributed by atoms with Crippen LogP contribution in [0.4, 0.5) is 13.2 Å². The van der Waals surface area contributed by atoms with Crippen LogP contribution in [0.3, 0.4) is 0 Å². The molecule has 0 radical (unpaired) electrons. The van der Waals surface area contributed by atoms with Gasteiger partial charge in [0.1, 0.15) is 0 Å². The van der Waals surface area contributed by atoms with Crippen LogP contribution in [0.25, 0.3) is 0 Å². The first-order chi connectivity index (χ1) is 33.2. The van der Waals surface area contributed by atoms with Gasteiger partial charge in [0.05, 0.1) is 96.8 Å². The number of likely N-dealkylation sites (N-methyl/N-ethyl adjacent to an activating group) is 1. The van der Waals surface area contributed by atoms with Crippen LogP contribution in [0.15, 0.2) is 109 Å². The topological polar surface area (TPSA) is 56.4 Å². The Kier molecular flexibility index (Phi) is 38.6. The van der Waals surface area contributed by atoms with Crippen LogP contribution in [0.5, 0.6) is 0 Å². The van der Waals surface area contributed by atoms with Gasteiger partial charge in [0.15, 0.2) is 0 Å². The molecule has 70 heavy (non-hydrogen) atoms. The van der Waals surface area contributed by atoms with E-state index in [1.807, 2.05) is 43.7 Å². The van der Waals surface area contributed by atoms with Gasteiger partial charge in [-0.05, 0) is 85.3 Å². The van der Waals surface area contributed by atoms with Crippen molar-refractivity contribution in [1.29, 1.82) is 0 Å². The lowest BCUT2D eigenvalue weighted by molar-refractivity contribution is -0.867. The molecule has 13 heteroatoms. The van der Waals surface area contributed by atoms with Crippen molar-refractivity contribution in [3.8, 4) is 0 Å². The molecule has 398 valence electrons. The molecule has 6 rings (SSSR count). The molecule has 3 aromatic carbocycles. The zero-order valence-electron chi connectivity index (χ0n) is 44.9. The van der Waals surface area contributed by atoms with Crippen LogP contribution >= 0.6 is 0 Å². The first-order valence-corrected chi connectivity index (χ1v) is 25.2. The average Bonchev–Trinajstić information content (AvgIpc) is 3.35. The molecule has 4 unspecified atom stereocenters. The summed E-state index contributed by atoms with van der Waals surface area (Å²) in [5.41, 5.74) is 4.25. The molecule has 7 N–H and O–H groups in total. The number of pyridine rings is 1. The zero-order chi connectivity index (χ0) is 52.7. The van der Waals surface area contributed by atoms with Gasteiger partial charge in [-0.25, -0.2) is 0 Å². The molecular formula is C57H98F3N9O. The number of likely N-dealkylation sites (tertiary alicyclic amines) is 1. The summed E-state index contributed by atoms with van der Waals surface area (Å²) in [6.45, 7) is 23.2. The summed E-state index contributed by atoms with van der Waals surface area (Å²) in [5.74, 6) is 0. The van der Waals surface area contributed by atoms with Crippen molar-refractivity contribution in [2.75, 3.05) is 100 Å². The molecule has 4 aromatic rings. The average molecular weight is 982 g/mol. The van der Waals surface area contributed by atoms with Gasteiger partial charge in [0, 0.05) is 55.3 Å². The number of aromatic nitrogens is 1. The number of nitrogens with one attached hydrogen (secondary N) is 7. The summed E-state index contributed by atoms with van der Waals surface area (Å²) >= 11 is 0. The van der Waals surface area contributed by atoms with Crippen LogP contribution in [0, 0.1) is 49.3 Å². The largest absolute Gasteiger partial charge is 0.468 e. The molecule has 1 aromatic heterocycles. The Morgan fingerprint density at radius 2 is 1.07 bits per heavy atom. The number of benzene rings is 3. The molecular weight excluding hydrogens is 884 g/mol. The fourth-order valence-corrected chi connectivity index (χ4v) is 6.42. The van der Waals surface area contributed by atoms with Crippen LogP contribution in [0.1, 0.15) is 80.8 Å². The third-order valence-electron chi connectivity index (χ3n) is 11.5. The Balaban J connectivity index is 0.000000810. The number of hydrogen-bond donors (Lipinski definition) is 7. The Labute approximate surface area is 426 Å². The van der Waals surface area contributed by atoms with Crippen molar-refractivity contribution in [2.24, 2.45) is 0 Å². The summed E-state index contributed by atoms with van der Waals surface area (Å²) < 4.78 is 41.6. The first kappa shape index (κ1) is 66.2. The first-order valence-electron chi connectivity index (χ1n) is 25.2. The lowest BCUT2D eigenvalue weighted by Crippen LogP contribution is -3.09. The second-order valence-electron chi connectivity index (χ2n) is 18.5. The van der Waals surface area contributed by atoms with Crippen molar-refractivity contribution in [1.82, 2.24) is 9.88 Å². The Morgan fingerprint density at radius 1 is 0.614 bits per heavy atom. The van der Waals surface area contributed by atoms with E-state index in [-0.39, 0.29) is 0 Å². The Morgan fingerprint density at radius 3 is 1.46 bits per heavy atom. The minimum atomic E-state index is -4.25. The van der Waals surface area contributed by atoms with Gasteiger partial charge in [0.2, 0.25) is 0 Å². The number of alkyl halides is 3. The third kappa shape index (κ3) is 37.1. The predicted molar refractivity (Wildman–Crippen MR) is 283 cm³/mol. The standard InChI is InChI=1S/C12H20N2.C10H12F3N.C10H15N.C9H14N2.C6H13N.C5H11NO.C5H13N/c1-13(2)9-10-14(3)11-12-7-5-4-6-8-12;1-14(2)7-8-3-5-9(6-4-8)10(11,12)13;1-9(11(2)3)10-7-5-4-6-8-10;1-3-11(2)8-9-4-6-10-7-5-9;1-7-5-3-2-4-6-7;1-6-2-4-7-5-3-6;1-4-6(3)5-2/h4-8,14H,3,9-11H2,1-2H3;3-6,14H,1,7H2,2H3;4-9,11H,2H2,1,3H3;4-7,11H,2-3,8H2,1H3;7H,1-6H2;6H,1-5H2;6H,3-5H2,1-2H3/t;;9-;;;;/m..1..../s1. The van der Waals surface area contributed by atoms with Crippen molar-refractivity contribution in [3.05, 3.63) is 187 Å². The van der Waals surface area contributed by atoms with Crippen molar-refractivity contribution >= 4 is 0 Å². The molecule has 0 aliphatic carbocycles. The quantitative estimate of drug-likeness (QED) is 0.0984. The number of piperidine rings is 1. The van der Waals surface area contributed by atoms with E-state index in [1.54, 1.807) is 0 Å². The van der Waals surface area contributed by atoms with E-state index >= 15 is 0 Å². The highest BCUT2D eigenvalue weighted by molar-refractivity contribution is 5.24. The van der Waals surface area contributed by atoms with Crippen molar-refractivity contribution in [3.63, 3.8) is 0 Å². The molecule has 10 nitrogen and oxygen atoms in total. The van der Waals surface area contributed by atoms with Gasteiger partial charge in [-0.2, -0.15) is 62.5 Å². The number of halogens is 3. The van der Waals surface area contributed by atoms with Crippen LogP contribution in [-0.2, 0) is 30.5 Å². The van der Waals surface area contributed by atoms with E-state index in [9.17, 15) is 13.2 Å². The fourth-order valence-electron chi connectivity index (χ4n) is 6.42. The maximum absolute atomic E-state index is 12.2. The minimum Gasteiger partial charge on any atom is -0.468 e. The lowest BCUT2D eigenvalue weighted by Gasteiger charge is -2.24. The van der Waals surface area contributed by atoms with E-state index in [4.69, 9.17) is 4.74 Å². The van der Waals surface area contributed by atoms with E-state index < -0.39 is 11.7 Å². The smallest absolute Gasteiger partial charge is 0.416 e. The maximum atomic E-state index is 12.2. The van der Waals surface area contributed by atoms with E-state index in [0.717, 1.165) is 94.7 Å². The highest BCUT2D eigenvalue weighted by Gasteiger charge is 2.29. The zero-order valence-corrected chi connectivity index (χ0v) is 44.9. The fraction of sp³-hybridized carbons (Fsp3) is 0.474. The number of nitrogens with zero attached hydrogens (tertiary/aromatic N) is 2. The summed E-state index contributed by atoms with van der Waals surface area (Å²) in [5, 5.41) is 0. The van der Waals surface area contributed by atoms with E-state index in [0.29, 0.717) is 12.6 Å². The highest BCUT2D eigenvalue weighted by Crippen LogP contribution is 2.29. The molecule has 2 fully saturated rings. The Hall–Kier alpha value is -3.76. The van der Waals surface area contributed by atoms with Crippen molar-refractivity contribution < 1.29 is 52.2 Å². The SMILES string of the molecule is [CH2-][NH+](C)Cc1ccc(C(F)(F)F)cc1.[CH2-][NH+](C)[C@H](C)c1ccccc1.[CH2-][NH+](CC)CC.[CH2-][NH+](CC)Cc1ccncc1.[CH2-][NH+](CCN(C)C)Cc1ccccc1.[CH2-][NH+]1CCCCC1.[CH2-][NH+]1CCOCC1. The molecule has 3 heterocycles. The molecule has 0 amide bonds. The lowest BCUT2D eigenvalue weighted by atomic mass is 10.1. The molecule has 2 aliphatic rings. The molecule has 5 atom stereocenters. The maximum Gasteiger partial charge on any atom is 0.416 e. The molecule has 2 aliphatic heterocycles. The van der Waals surface area contributed by atoms with Gasteiger partial charge in [-0.15, -0.1) is 0 Å². The molecule has 0 spiro atoms. The van der Waals surface area contributed by atoms with E-state index in [1.165, 1.54) is 90.6 Å². The predicted octanol–water partition coefficient (Wildman–Crippen LogP) is 1.51. The van der Waals surface area contributed by atoms with E-state index in [2.05, 4.69) is 157 Å². The third-order valence-corrected chi connectivity index (χ3v) is 11.5. The van der Waals surface area contributed by atoms with Gasteiger partial charge in [-0.3, -0.25) is 4.98 Å². The number of morpholine rings is 1. The van der Waals surface area contributed by atoms with Crippen LogP contribution in [-0.4, -0.2) is 110 Å². The number of ether oxygens (including phenoxy) is 1. The summed E-state index contributed by atoms with van der Waals surface area (Å²) in [6, 6.07) is 30.7. The molecule has 0 saturated carbocycles. The highest BCUT2D eigenvalue weighted by atomic mass is 19.4. The Bertz CT molecular complexity index is 1710. The monoisotopic (exact) mass is 982 g/mol. The normalized spacial score (nSPS) is 15.9. The second kappa shape index (κ2) is 40.8. The van der Waals surface area contributed by atoms with Crippen molar-refractivity contribution in [2.45, 2.75) is 78.8 Å². The van der Waals surface area contributed by atoms with Gasteiger partial charge in [0.25, 0.3) is 0 Å². The number of hydrogen-bond acceptors (Lipinski definition) is 3. The van der Waals surface area contributed by atoms with Crippen LogP contribution < -0.4 is 34.3 Å².